The van der Waals surface area contributed by atoms with Crippen LogP contribution in [0.1, 0.15) is 26.7 Å². The topological polar surface area (TPSA) is 76.3 Å². The van der Waals surface area contributed by atoms with Crippen LogP contribution in [0.2, 0.25) is 0 Å². The summed E-state index contributed by atoms with van der Waals surface area (Å²) < 4.78 is 2.03. The van der Waals surface area contributed by atoms with Gasteiger partial charge in [-0.05, 0) is 31.5 Å². The quantitative estimate of drug-likeness (QED) is 0.364. The normalized spacial score (nSPS) is 9.36. The first-order chi connectivity index (χ1) is 10.1. The minimum atomic E-state index is -1.18. The first-order valence-corrected chi connectivity index (χ1v) is 7.15. The second-order valence-corrected chi connectivity index (χ2v) is 4.58. The van der Waals surface area contributed by atoms with E-state index < -0.39 is 6.09 Å². The molecule has 0 aliphatic carbocycles. The number of phenolic OH excluding ortho intramolecular Hbond substituents is 1. The molecule has 1 amide bonds. The molecule has 0 aliphatic rings. The minimum absolute atomic E-state index is 0. The number of benzene rings is 1. The van der Waals surface area contributed by atoms with Crippen molar-refractivity contribution in [2.24, 2.45) is 0 Å². The number of aryl methyl sites for hydroxylation is 1. The van der Waals surface area contributed by atoms with E-state index in [9.17, 15) is 15.0 Å². The highest BCUT2D eigenvalue weighted by Crippen LogP contribution is 2.19. The van der Waals surface area contributed by atoms with E-state index in [0.717, 1.165) is 30.3 Å². The largest absolute Gasteiger partial charge is 1.00 e. The van der Waals surface area contributed by atoms with Gasteiger partial charge in [0, 0.05) is 12.6 Å². The third-order valence-corrected chi connectivity index (χ3v) is 3.02. The maximum absolute atomic E-state index is 9.66. The smallest absolute Gasteiger partial charge is 0.254 e. The van der Waals surface area contributed by atoms with Crippen molar-refractivity contribution in [1.29, 1.82) is 0 Å². The number of unbranched alkanes of at least 4 members (excludes halogenated alkanes) is 1. The number of nitrogens with one attached hydrogen (secondary N) is 1. The highest BCUT2D eigenvalue weighted by Gasteiger charge is 2.09. The van der Waals surface area contributed by atoms with Gasteiger partial charge in [-0.3, -0.25) is 0 Å². The molecule has 1 aromatic heterocycles. The van der Waals surface area contributed by atoms with Crippen molar-refractivity contribution < 1.29 is 43.6 Å². The molecule has 1 aromatic carbocycles. The number of carbonyl (C=O) groups is 1. The maximum atomic E-state index is 9.66. The van der Waals surface area contributed by atoms with Gasteiger partial charge >= 0.3 is 0 Å². The number of aromatic hydroxyl groups is 1. The van der Waals surface area contributed by atoms with Crippen molar-refractivity contribution in [3.05, 3.63) is 36.5 Å². The first kappa shape index (κ1) is 20.4. The molecule has 0 spiro atoms. The maximum Gasteiger partial charge on any atom is 0.254 e. The van der Waals surface area contributed by atoms with Crippen LogP contribution in [0, 0.1) is 0 Å². The highest BCUT2D eigenvalue weighted by atomic mass is 127. The van der Waals surface area contributed by atoms with Crippen molar-refractivity contribution >= 4 is 17.0 Å². The number of carbonyl (C=O) groups excluding carboxylic acids is 1. The Balaban J connectivity index is 0.000000432. The number of pyridine rings is 1. The minimum Gasteiger partial charge on any atom is -1.00 e. The average molecular weight is 417 g/mol. The molecule has 0 saturated carbocycles. The van der Waals surface area contributed by atoms with E-state index in [1.165, 1.54) is 0 Å². The fourth-order valence-corrected chi connectivity index (χ4v) is 1.95. The monoisotopic (exact) mass is 417 g/mol. The van der Waals surface area contributed by atoms with Crippen molar-refractivity contribution in [2.45, 2.75) is 33.2 Å². The summed E-state index contributed by atoms with van der Waals surface area (Å²) in [6.07, 6.45) is 2.68. The average Bonchev–Trinajstić information content (AvgIpc) is 2.47. The third-order valence-electron chi connectivity index (χ3n) is 3.02. The lowest BCUT2D eigenvalue weighted by Gasteiger charge is -2.02. The van der Waals surface area contributed by atoms with Gasteiger partial charge in [0.05, 0.1) is 5.39 Å². The molecule has 0 bridgehead atoms. The Morgan fingerprint density at radius 1 is 1.27 bits per heavy atom. The van der Waals surface area contributed by atoms with Gasteiger partial charge in [0.15, 0.2) is 11.9 Å². The van der Waals surface area contributed by atoms with Crippen molar-refractivity contribution in [3.8, 4) is 5.75 Å². The Morgan fingerprint density at radius 2 is 1.95 bits per heavy atom. The number of nitrogens with zero attached hydrogens (tertiary/aromatic N) is 1. The summed E-state index contributed by atoms with van der Waals surface area (Å²) in [7, 11) is 0. The van der Waals surface area contributed by atoms with E-state index in [4.69, 9.17) is 0 Å². The third kappa shape index (κ3) is 6.46. The Labute approximate surface area is 148 Å². The zero-order chi connectivity index (χ0) is 15.7. The van der Waals surface area contributed by atoms with Gasteiger partial charge in [-0.2, -0.15) is 4.57 Å². The second-order valence-electron chi connectivity index (χ2n) is 4.58. The predicted octanol–water partition coefficient (Wildman–Crippen LogP) is -1.42. The van der Waals surface area contributed by atoms with Gasteiger partial charge in [0.25, 0.3) is 5.52 Å². The lowest BCUT2D eigenvalue weighted by atomic mass is 10.2. The highest BCUT2D eigenvalue weighted by molar-refractivity contribution is 5.80. The zero-order valence-corrected chi connectivity index (χ0v) is 15.0. The molecule has 122 valence electrons. The molecular formula is C16H22IN2O3-. The van der Waals surface area contributed by atoms with Crippen LogP contribution < -0.4 is 39.0 Å². The number of para-hydroxylation sites is 1. The summed E-state index contributed by atoms with van der Waals surface area (Å²) in [4.78, 5) is 9.65. The van der Waals surface area contributed by atoms with Crippen LogP contribution in [0.4, 0.5) is 4.79 Å². The Kier molecular flexibility index (Phi) is 10.3. The SMILES string of the molecule is CCCCNC(=O)[O-].CC[n+]1cccc2cccc(O)c21.[I-]. The summed E-state index contributed by atoms with van der Waals surface area (Å²) in [6.45, 7) is 5.44. The van der Waals surface area contributed by atoms with Crippen LogP contribution >= 0.6 is 0 Å². The number of fused-ring (bicyclic) bond motifs is 1. The standard InChI is InChI=1S/C11H11NO.C5H11NO2.HI/c1-2-12-8-4-6-9-5-3-7-10(13)11(9)12;1-2-3-4-6-5(7)8;/h3-8H,2H2,1H3;6H,2-4H2,1H3,(H,7,8);1H/p-1. The van der Waals surface area contributed by atoms with E-state index in [1.807, 2.05) is 42.0 Å². The molecule has 2 N–H and O–H groups in total. The van der Waals surface area contributed by atoms with Gasteiger partial charge in [0.1, 0.15) is 12.6 Å². The molecular weight excluding hydrogens is 395 g/mol. The summed E-state index contributed by atoms with van der Waals surface area (Å²) in [5.41, 5.74) is 0.910. The van der Waals surface area contributed by atoms with Crippen molar-refractivity contribution in [3.63, 3.8) is 0 Å². The fourth-order valence-electron chi connectivity index (χ4n) is 1.95. The van der Waals surface area contributed by atoms with Gasteiger partial charge in [-0.15, -0.1) is 0 Å². The second kappa shape index (κ2) is 11.1. The molecule has 2 rings (SSSR count). The molecule has 6 heteroatoms. The van der Waals surface area contributed by atoms with Gasteiger partial charge in [-0.25, -0.2) is 0 Å². The lowest BCUT2D eigenvalue weighted by Crippen LogP contribution is -3.00. The molecule has 22 heavy (non-hydrogen) atoms. The molecule has 2 aromatic rings. The zero-order valence-electron chi connectivity index (χ0n) is 12.9. The van der Waals surface area contributed by atoms with Gasteiger partial charge in [0.2, 0.25) is 0 Å². The Bertz CT molecular complexity index is 585. The summed E-state index contributed by atoms with van der Waals surface area (Å²) >= 11 is 0. The summed E-state index contributed by atoms with van der Waals surface area (Å²) in [5, 5.41) is 22.5. The molecule has 0 saturated heterocycles. The number of phenols is 1. The van der Waals surface area contributed by atoms with Crippen LogP contribution in [0.15, 0.2) is 36.5 Å². The fraction of sp³-hybridized carbons (Fsp3) is 0.375. The van der Waals surface area contributed by atoms with Crippen molar-refractivity contribution in [1.82, 2.24) is 5.32 Å². The van der Waals surface area contributed by atoms with Crippen LogP contribution in [0.5, 0.6) is 5.75 Å². The molecule has 0 aliphatic heterocycles. The molecule has 0 unspecified atom stereocenters. The van der Waals surface area contributed by atoms with Crippen LogP contribution in [-0.2, 0) is 6.54 Å². The van der Waals surface area contributed by atoms with E-state index in [0.29, 0.717) is 12.3 Å². The van der Waals surface area contributed by atoms with Gasteiger partial charge in [-0.1, -0.05) is 19.4 Å². The number of amides is 1. The molecule has 0 atom stereocenters. The number of hydrogen-bond acceptors (Lipinski definition) is 3. The van der Waals surface area contributed by atoms with Gasteiger partial charge < -0.3 is 44.3 Å². The molecule has 0 radical (unpaired) electrons. The van der Waals surface area contributed by atoms with E-state index in [-0.39, 0.29) is 24.0 Å². The van der Waals surface area contributed by atoms with E-state index in [1.54, 1.807) is 6.07 Å². The van der Waals surface area contributed by atoms with Crippen LogP contribution in [-0.4, -0.2) is 17.7 Å². The lowest BCUT2D eigenvalue weighted by molar-refractivity contribution is -0.668. The van der Waals surface area contributed by atoms with Crippen LogP contribution in [0.25, 0.3) is 10.9 Å². The predicted molar refractivity (Wildman–Crippen MR) is 79.8 cm³/mol. The van der Waals surface area contributed by atoms with E-state index >= 15 is 0 Å². The Hall–Kier alpha value is -1.57. The summed E-state index contributed by atoms with van der Waals surface area (Å²) in [6, 6.07) is 9.57. The number of hydrogen-bond donors (Lipinski definition) is 2. The summed E-state index contributed by atoms with van der Waals surface area (Å²) in [5.74, 6) is 0.347. The number of rotatable bonds is 4. The first-order valence-electron chi connectivity index (χ1n) is 7.15. The number of halogens is 1. The number of aromatic nitrogens is 1. The molecule has 1 heterocycles. The van der Waals surface area contributed by atoms with Crippen LogP contribution in [0.3, 0.4) is 0 Å². The molecule has 0 fully saturated rings. The van der Waals surface area contributed by atoms with Crippen molar-refractivity contribution in [2.75, 3.05) is 6.54 Å². The molecule has 5 nitrogen and oxygen atoms in total. The Morgan fingerprint density at radius 3 is 2.55 bits per heavy atom. The number of carboxylic acid groups (broad SMARTS) is 1. The van der Waals surface area contributed by atoms with E-state index in [2.05, 4.69) is 12.2 Å².